The maximum atomic E-state index is 4.74. The first-order valence-electron chi connectivity index (χ1n) is 5.63. The lowest BCUT2D eigenvalue weighted by Gasteiger charge is -2.24. The molecule has 2 fully saturated rings. The maximum absolute atomic E-state index is 4.74. The summed E-state index contributed by atoms with van der Waals surface area (Å²) >= 11 is 0. The number of likely N-dealkylation sites (tertiary alicyclic amines) is 1. The number of rotatable bonds is 2. The smallest absolute Gasteiger partial charge is 0.213 e. The van der Waals surface area contributed by atoms with Crippen molar-refractivity contribution < 1.29 is 4.52 Å². The molecule has 0 aliphatic carbocycles. The molecule has 0 aromatic carbocycles. The normalized spacial score (nSPS) is 31.7. The van der Waals surface area contributed by atoms with Crippen LogP contribution in [0.5, 0.6) is 0 Å². The molecule has 2 saturated heterocycles. The van der Waals surface area contributed by atoms with E-state index in [4.69, 9.17) is 4.52 Å². The summed E-state index contributed by atoms with van der Waals surface area (Å²) in [6, 6.07) is 0.686. The van der Waals surface area contributed by atoms with Gasteiger partial charge in [0.15, 0.2) is 5.82 Å². The zero-order valence-corrected chi connectivity index (χ0v) is 8.72. The van der Waals surface area contributed by atoms with Crippen molar-refractivity contribution in [2.24, 2.45) is 5.92 Å². The van der Waals surface area contributed by atoms with Crippen molar-refractivity contribution in [3.8, 4) is 0 Å². The zero-order chi connectivity index (χ0) is 10.1. The van der Waals surface area contributed by atoms with Gasteiger partial charge in [-0.3, -0.25) is 4.90 Å². The highest BCUT2D eigenvalue weighted by atomic mass is 16.5. The lowest BCUT2D eigenvalue weighted by Crippen LogP contribution is -2.40. The Kier molecular flexibility index (Phi) is 2.42. The SMILES string of the molecule is c1nc(CN2CC3CCCNC3C2)no1. The summed E-state index contributed by atoms with van der Waals surface area (Å²) < 4.78 is 4.74. The molecule has 3 heterocycles. The number of nitrogens with zero attached hydrogens (tertiary/aromatic N) is 3. The average Bonchev–Trinajstić information content (AvgIpc) is 2.86. The summed E-state index contributed by atoms with van der Waals surface area (Å²) in [7, 11) is 0. The van der Waals surface area contributed by atoms with E-state index in [0.717, 1.165) is 24.8 Å². The summed E-state index contributed by atoms with van der Waals surface area (Å²) in [4.78, 5) is 6.47. The number of hydrogen-bond acceptors (Lipinski definition) is 5. The van der Waals surface area contributed by atoms with Gasteiger partial charge in [-0.25, -0.2) is 0 Å². The van der Waals surface area contributed by atoms with Crippen LogP contribution in [0.1, 0.15) is 18.7 Å². The number of nitrogens with one attached hydrogen (secondary N) is 1. The van der Waals surface area contributed by atoms with E-state index < -0.39 is 0 Å². The first kappa shape index (κ1) is 9.30. The van der Waals surface area contributed by atoms with Crippen molar-refractivity contribution in [3.05, 3.63) is 12.2 Å². The quantitative estimate of drug-likeness (QED) is 0.755. The highest BCUT2D eigenvalue weighted by Crippen LogP contribution is 2.25. The van der Waals surface area contributed by atoms with Crippen LogP contribution in [-0.2, 0) is 6.54 Å². The molecule has 0 radical (unpaired) electrons. The summed E-state index contributed by atoms with van der Waals surface area (Å²) in [6.07, 6.45) is 4.08. The minimum Gasteiger partial charge on any atom is -0.343 e. The van der Waals surface area contributed by atoms with E-state index in [1.165, 1.54) is 32.3 Å². The van der Waals surface area contributed by atoms with Crippen molar-refractivity contribution in [1.82, 2.24) is 20.4 Å². The second kappa shape index (κ2) is 3.90. The monoisotopic (exact) mass is 208 g/mol. The fourth-order valence-corrected chi connectivity index (χ4v) is 2.73. The second-order valence-corrected chi connectivity index (χ2v) is 4.50. The van der Waals surface area contributed by atoms with Crippen LogP contribution in [0, 0.1) is 5.92 Å². The van der Waals surface area contributed by atoms with Gasteiger partial charge >= 0.3 is 0 Å². The molecule has 0 spiro atoms. The van der Waals surface area contributed by atoms with E-state index >= 15 is 0 Å². The summed E-state index contributed by atoms with van der Waals surface area (Å²) in [5.41, 5.74) is 0. The third kappa shape index (κ3) is 1.89. The molecule has 82 valence electrons. The van der Waals surface area contributed by atoms with Crippen molar-refractivity contribution in [1.29, 1.82) is 0 Å². The van der Waals surface area contributed by atoms with E-state index in [1.54, 1.807) is 0 Å². The summed E-state index contributed by atoms with van der Waals surface area (Å²) in [6.45, 7) is 4.30. The molecule has 1 aromatic rings. The molecule has 2 aliphatic rings. The van der Waals surface area contributed by atoms with Gasteiger partial charge in [0.25, 0.3) is 0 Å². The second-order valence-electron chi connectivity index (χ2n) is 4.50. The molecule has 2 aliphatic heterocycles. The molecule has 1 aromatic heterocycles. The predicted octanol–water partition coefficient (Wildman–Crippen LogP) is 0.253. The van der Waals surface area contributed by atoms with Gasteiger partial charge in [-0.1, -0.05) is 5.16 Å². The predicted molar refractivity (Wildman–Crippen MR) is 54.1 cm³/mol. The number of fused-ring (bicyclic) bond motifs is 1. The van der Waals surface area contributed by atoms with Crippen LogP contribution in [0.3, 0.4) is 0 Å². The first-order chi connectivity index (χ1) is 7.42. The number of hydrogen-bond donors (Lipinski definition) is 1. The van der Waals surface area contributed by atoms with Crippen LogP contribution < -0.4 is 5.32 Å². The van der Waals surface area contributed by atoms with E-state index in [0.29, 0.717) is 6.04 Å². The van der Waals surface area contributed by atoms with Gasteiger partial charge in [-0.15, -0.1) is 0 Å². The maximum Gasteiger partial charge on any atom is 0.213 e. The van der Waals surface area contributed by atoms with Crippen molar-refractivity contribution >= 4 is 0 Å². The molecule has 3 rings (SSSR count). The van der Waals surface area contributed by atoms with E-state index in [1.807, 2.05) is 0 Å². The van der Waals surface area contributed by atoms with Crippen molar-refractivity contribution in [2.45, 2.75) is 25.4 Å². The van der Waals surface area contributed by atoms with Gasteiger partial charge in [0.05, 0.1) is 6.54 Å². The van der Waals surface area contributed by atoms with Gasteiger partial charge < -0.3 is 9.84 Å². The van der Waals surface area contributed by atoms with E-state index in [9.17, 15) is 0 Å². The van der Waals surface area contributed by atoms with Gasteiger partial charge in [-0.2, -0.15) is 4.98 Å². The van der Waals surface area contributed by atoms with Gasteiger partial charge in [0, 0.05) is 19.1 Å². The molecule has 0 saturated carbocycles. The van der Waals surface area contributed by atoms with Crippen LogP contribution in [0.15, 0.2) is 10.9 Å². The summed E-state index contributed by atoms with van der Waals surface area (Å²) in [5.74, 6) is 1.62. The van der Waals surface area contributed by atoms with E-state index in [2.05, 4.69) is 20.4 Å². The van der Waals surface area contributed by atoms with Gasteiger partial charge in [-0.05, 0) is 25.3 Å². The third-order valence-electron chi connectivity index (χ3n) is 3.45. The topological polar surface area (TPSA) is 54.2 Å². The minimum absolute atomic E-state index is 0.686. The van der Waals surface area contributed by atoms with Crippen molar-refractivity contribution in [2.75, 3.05) is 19.6 Å². The molecule has 0 amide bonds. The summed E-state index contributed by atoms with van der Waals surface area (Å²) in [5, 5.41) is 7.43. The number of aromatic nitrogens is 2. The Morgan fingerprint density at radius 1 is 1.53 bits per heavy atom. The van der Waals surface area contributed by atoms with Crippen LogP contribution in [-0.4, -0.2) is 40.7 Å². The minimum atomic E-state index is 0.686. The molecule has 2 atom stereocenters. The third-order valence-corrected chi connectivity index (χ3v) is 3.45. The molecule has 0 bridgehead atoms. The van der Waals surface area contributed by atoms with Crippen LogP contribution >= 0.6 is 0 Å². The lowest BCUT2D eigenvalue weighted by molar-refractivity contribution is 0.297. The highest BCUT2D eigenvalue weighted by molar-refractivity contribution is 4.93. The standard InChI is InChI=1S/C10H16N4O/c1-2-8-4-14(5-9(8)11-3-1)6-10-12-7-15-13-10/h7-9,11H,1-6H2. The largest absolute Gasteiger partial charge is 0.343 e. The first-order valence-corrected chi connectivity index (χ1v) is 5.63. The van der Waals surface area contributed by atoms with Crippen LogP contribution in [0.2, 0.25) is 0 Å². The fraction of sp³-hybridized carbons (Fsp3) is 0.800. The molecule has 5 nitrogen and oxygen atoms in total. The highest BCUT2D eigenvalue weighted by Gasteiger charge is 2.34. The lowest BCUT2D eigenvalue weighted by atomic mass is 9.94. The van der Waals surface area contributed by atoms with E-state index in [-0.39, 0.29) is 0 Å². The Morgan fingerprint density at radius 3 is 3.33 bits per heavy atom. The van der Waals surface area contributed by atoms with Crippen LogP contribution in [0.4, 0.5) is 0 Å². The molecular weight excluding hydrogens is 192 g/mol. The fourth-order valence-electron chi connectivity index (χ4n) is 2.73. The Hall–Kier alpha value is -0.940. The molecule has 5 heteroatoms. The Balaban J connectivity index is 1.60. The van der Waals surface area contributed by atoms with Crippen molar-refractivity contribution in [3.63, 3.8) is 0 Å². The van der Waals surface area contributed by atoms with Gasteiger partial charge in [0.2, 0.25) is 6.39 Å². The Labute approximate surface area is 88.8 Å². The van der Waals surface area contributed by atoms with Crippen LogP contribution in [0.25, 0.3) is 0 Å². The number of piperidine rings is 1. The average molecular weight is 208 g/mol. The molecular formula is C10H16N4O. The van der Waals surface area contributed by atoms with Gasteiger partial charge in [0.1, 0.15) is 0 Å². The molecule has 2 unspecified atom stereocenters. The molecule has 15 heavy (non-hydrogen) atoms. The zero-order valence-electron chi connectivity index (χ0n) is 8.72. The Bertz CT molecular complexity index is 299. The molecule has 1 N–H and O–H groups in total. The Morgan fingerprint density at radius 2 is 2.53 bits per heavy atom.